The maximum atomic E-state index is 12.3. The van der Waals surface area contributed by atoms with Gasteiger partial charge in [0.05, 0.1) is 12.2 Å². The lowest BCUT2D eigenvalue weighted by Crippen LogP contribution is -2.31. The van der Waals surface area contributed by atoms with Gasteiger partial charge in [0.25, 0.3) is 0 Å². The molecule has 1 heterocycles. The van der Waals surface area contributed by atoms with E-state index in [1.807, 2.05) is 24.3 Å². The van der Waals surface area contributed by atoms with Crippen LogP contribution in [0.4, 0.5) is 0 Å². The van der Waals surface area contributed by atoms with Gasteiger partial charge in [-0.25, -0.2) is 0 Å². The van der Waals surface area contributed by atoms with E-state index in [4.69, 9.17) is 4.74 Å². The Morgan fingerprint density at radius 1 is 0.912 bits per heavy atom. The van der Waals surface area contributed by atoms with E-state index in [2.05, 4.69) is 29.2 Å². The molecule has 0 amide bonds. The minimum atomic E-state index is -0.224. The largest absolute Gasteiger partial charge is 0.507 e. The lowest BCUT2D eigenvalue weighted by Gasteiger charge is -2.28. The third kappa shape index (κ3) is 6.82. The Labute approximate surface area is 202 Å². The second-order valence-corrected chi connectivity index (χ2v) is 8.84. The van der Waals surface area contributed by atoms with Crippen LogP contribution >= 0.6 is 0 Å². The molecule has 4 heteroatoms. The van der Waals surface area contributed by atoms with Gasteiger partial charge in [-0.3, -0.25) is 9.69 Å². The topological polar surface area (TPSA) is 49.8 Å². The molecule has 3 aromatic rings. The molecule has 0 unspecified atom stereocenters. The number of rotatable bonds is 11. The van der Waals surface area contributed by atoms with Crippen molar-refractivity contribution in [2.24, 2.45) is 0 Å². The molecule has 0 bridgehead atoms. The van der Waals surface area contributed by atoms with Crippen LogP contribution in [-0.2, 0) is 13.0 Å². The number of ketones is 1. The minimum absolute atomic E-state index is 0.00417. The zero-order chi connectivity index (χ0) is 23.6. The Morgan fingerprint density at radius 2 is 1.71 bits per heavy atom. The Kier molecular flexibility index (Phi) is 8.53. The average Bonchev–Trinajstić information content (AvgIpc) is 2.87. The van der Waals surface area contributed by atoms with Gasteiger partial charge in [0.1, 0.15) is 11.5 Å². The molecule has 3 aromatic carbocycles. The van der Waals surface area contributed by atoms with Crippen molar-refractivity contribution in [2.45, 2.75) is 38.6 Å². The summed E-state index contributed by atoms with van der Waals surface area (Å²) >= 11 is 0. The second-order valence-electron chi connectivity index (χ2n) is 8.84. The Balaban J connectivity index is 1.13. The molecular formula is C30H33NO3. The maximum Gasteiger partial charge on any atom is 0.189 e. The van der Waals surface area contributed by atoms with Crippen molar-refractivity contribution < 1.29 is 14.6 Å². The van der Waals surface area contributed by atoms with Gasteiger partial charge in [0.2, 0.25) is 0 Å². The summed E-state index contributed by atoms with van der Waals surface area (Å²) in [7, 11) is 0. The molecule has 1 aliphatic heterocycles. The van der Waals surface area contributed by atoms with Crippen LogP contribution in [0, 0.1) is 0 Å². The summed E-state index contributed by atoms with van der Waals surface area (Å²) in [5, 5.41) is 9.82. The summed E-state index contributed by atoms with van der Waals surface area (Å²) in [6, 6.07) is 23.1. The lowest BCUT2D eigenvalue weighted by molar-refractivity contribution is 0.104. The van der Waals surface area contributed by atoms with E-state index in [9.17, 15) is 9.90 Å². The van der Waals surface area contributed by atoms with Crippen LogP contribution in [0.3, 0.4) is 0 Å². The molecule has 0 aliphatic carbocycles. The molecule has 1 N–H and O–H groups in total. The normalized spacial score (nSPS) is 13.6. The molecule has 0 saturated carbocycles. The van der Waals surface area contributed by atoms with E-state index in [0.29, 0.717) is 12.2 Å². The van der Waals surface area contributed by atoms with Crippen molar-refractivity contribution in [3.8, 4) is 11.5 Å². The number of carbonyl (C=O) groups is 1. The number of allylic oxidation sites excluding steroid dienone is 1. The third-order valence-electron chi connectivity index (χ3n) is 6.30. The Morgan fingerprint density at radius 3 is 2.59 bits per heavy atom. The van der Waals surface area contributed by atoms with Crippen LogP contribution < -0.4 is 4.74 Å². The van der Waals surface area contributed by atoms with E-state index in [0.717, 1.165) is 24.3 Å². The van der Waals surface area contributed by atoms with Crippen molar-refractivity contribution >= 4 is 11.9 Å². The van der Waals surface area contributed by atoms with Crippen LogP contribution in [0.1, 0.15) is 52.7 Å². The van der Waals surface area contributed by atoms with Gasteiger partial charge in [-0.1, -0.05) is 67.4 Å². The van der Waals surface area contributed by atoms with Crippen molar-refractivity contribution in [1.82, 2.24) is 4.90 Å². The lowest BCUT2D eigenvalue weighted by atomic mass is 10.00. The third-order valence-corrected chi connectivity index (χ3v) is 6.30. The molecule has 0 aromatic heterocycles. The number of fused-ring (bicyclic) bond motifs is 1. The number of nitrogens with zero attached hydrogens (tertiary/aromatic N) is 1. The van der Waals surface area contributed by atoms with E-state index < -0.39 is 0 Å². The number of aromatic hydroxyl groups is 1. The zero-order valence-corrected chi connectivity index (χ0v) is 19.7. The van der Waals surface area contributed by atoms with Gasteiger partial charge in [0, 0.05) is 13.1 Å². The first kappa shape index (κ1) is 23.8. The van der Waals surface area contributed by atoms with Crippen LogP contribution in [0.5, 0.6) is 11.5 Å². The number of hydrogen-bond acceptors (Lipinski definition) is 4. The monoisotopic (exact) mass is 455 g/mol. The zero-order valence-electron chi connectivity index (χ0n) is 19.7. The van der Waals surface area contributed by atoms with Crippen LogP contribution in [0.2, 0.25) is 0 Å². The molecule has 0 spiro atoms. The van der Waals surface area contributed by atoms with Crippen LogP contribution in [0.25, 0.3) is 6.08 Å². The highest BCUT2D eigenvalue weighted by Crippen LogP contribution is 2.20. The van der Waals surface area contributed by atoms with E-state index >= 15 is 0 Å². The summed E-state index contributed by atoms with van der Waals surface area (Å²) in [5.41, 5.74) is 4.19. The quantitative estimate of drug-likeness (QED) is 0.210. The predicted molar refractivity (Wildman–Crippen MR) is 137 cm³/mol. The molecule has 0 atom stereocenters. The molecule has 34 heavy (non-hydrogen) atoms. The number of unbranched alkanes of at least 4 members (excludes halogenated alkanes) is 3. The molecule has 0 fully saturated rings. The standard InChI is InChI=1S/C30H33NO3/c32-29-15-6-5-14-28(29)30(33)17-16-24-10-9-13-27(22-24)34-21-8-2-1-7-19-31-20-18-25-11-3-4-12-26(25)23-31/h3-6,9-17,22,32H,1-2,7-8,18-21,23H2/b17-16+. The Bertz CT molecular complexity index is 1120. The molecule has 1 aliphatic rings. The highest BCUT2D eigenvalue weighted by Gasteiger charge is 2.14. The number of hydrogen-bond donors (Lipinski definition) is 1. The van der Waals surface area contributed by atoms with Gasteiger partial charge in [0.15, 0.2) is 5.78 Å². The SMILES string of the molecule is O=C(/C=C/c1cccc(OCCCCCCN2CCc3ccccc3C2)c1)c1ccccc1O. The van der Waals surface area contributed by atoms with Crippen molar-refractivity contribution in [2.75, 3.05) is 19.7 Å². The fraction of sp³-hybridized carbons (Fsp3) is 0.300. The molecule has 176 valence electrons. The molecule has 0 saturated heterocycles. The summed E-state index contributed by atoms with van der Waals surface area (Å²) in [4.78, 5) is 14.9. The highest BCUT2D eigenvalue weighted by molar-refractivity contribution is 6.08. The van der Waals surface area contributed by atoms with E-state index in [-0.39, 0.29) is 11.5 Å². The fourth-order valence-corrected chi connectivity index (χ4v) is 4.38. The molecule has 4 rings (SSSR count). The van der Waals surface area contributed by atoms with Crippen molar-refractivity contribution in [3.05, 3.63) is 101 Å². The highest BCUT2D eigenvalue weighted by atomic mass is 16.5. The summed E-state index contributed by atoms with van der Waals surface area (Å²) in [6.45, 7) is 4.12. The van der Waals surface area contributed by atoms with Gasteiger partial charge in [-0.05, 0) is 72.8 Å². The number of phenols is 1. The predicted octanol–water partition coefficient (Wildman–Crippen LogP) is 6.29. The van der Waals surface area contributed by atoms with Gasteiger partial charge >= 0.3 is 0 Å². The molecule has 0 radical (unpaired) electrons. The number of benzene rings is 3. The average molecular weight is 456 g/mol. The van der Waals surface area contributed by atoms with Gasteiger partial charge in [-0.2, -0.15) is 0 Å². The van der Waals surface area contributed by atoms with Crippen LogP contribution in [-0.4, -0.2) is 35.5 Å². The first-order valence-corrected chi connectivity index (χ1v) is 12.2. The van der Waals surface area contributed by atoms with Crippen molar-refractivity contribution in [1.29, 1.82) is 0 Å². The first-order valence-electron chi connectivity index (χ1n) is 12.2. The van der Waals surface area contributed by atoms with Gasteiger partial charge < -0.3 is 9.84 Å². The maximum absolute atomic E-state index is 12.3. The van der Waals surface area contributed by atoms with E-state index in [1.165, 1.54) is 62.0 Å². The summed E-state index contributed by atoms with van der Waals surface area (Å²) < 4.78 is 5.92. The number of para-hydroxylation sites is 1. The minimum Gasteiger partial charge on any atom is -0.507 e. The van der Waals surface area contributed by atoms with Crippen LogP contribution in [0.15, 0.2) is 78.9 Å². The smallest absolute Gasteiger partial charge is 0.189 e. The molecule has 4 nitrogen and oxygen atoms in total. The molecular weight excluding hydrogens is 422 g/mol. The number of phenolic OH excluding ortho intramolecular Hbond substituents is 1. The fourth-order valence-electron chi connectivity index (χ4n) is 4.38. The van der Waals surface area contributed by atoms with E-state index in [1.54, 1.807) is 24.3 Å². The second kappa shape index (κ2) is 12.2. The van der Waals surface area contributed by atoms with Gasteiger partial charge in [-0.15, -0.1) is 0 Å². The summed E-state index contributed by atoms with van der Waals surface area (Å²) in [5.74, 6) is 0.581. The number of carbonyl (C=O) groups excluding carboxylic acids is 1. The van der Waals surface area contributed by atoms with Crippen molar-refractivity contribution in [3.63, 3.8) is 0 Å². The first-order chi connectivity index (χ1) is 16.7. The Hall–Kier alpha value is -3.37. The summed E-state index contributed by atoms with van der Waals surface area (Å²) in [6.07, 6.45) is 9.05. The number of ether oxygens (including phenoxy) is 1.